The van der Waals surface area contributed by atoms with Crippen LogP contribution in [0.1, 0.15) is 24.6 Å². The number of alkyl halides is 1. The SMILES string of the molecule is Cc1nc(N2CCCOC(C)C2)ncc1CCl. The van der Waals surface area contributed by atoms with Crippen LogP contribution in [0.15, 0.2) is 6.20 Å². The van der Waals surface area contributed by atoms with Crippen molar-refractivity contribution in [3.63, 3.8) is 0 Å². The molecule has 0 N–H and O–H groups in total. The molecule has 5 heteroatoms. The van der Waals surface area contributed by atoms with Gasteiger partial charge in [0.1, 0.15) is 0 Å². The van der Waals surface area contributed by atoms with E-state index in [1.54, 1.807) is 0 Å². The summed E-state index contributed by atoms with van der Waals surface area (Å²) in [6, 6.07) is 0. The quantitative estimate of drug-likeness (QED) is 0.759. The third-order valence-electron chi connectivity index (χ3n) is 2.95. The average Bonchev–Trinajstić information content (AvgIpc) is 2.54. The largest absolute Gasteiger partial charge is 0.377 e. The van der Waals surface area contributed by atoms with Gasteiger partial charge in [-0.2, -0.15) is 0 Å². The summed E-state index contributed by atoms with van der Waals surface area (Å²) in [7, 11) is 0. The molecule has 1 aliphatic rings. The minimum atomic E-state index is 0.231. The van der Waals surface area contributed by atoms with Gasteiger partial charge in [-0.15, -0.1) is 11.6 Å². The van der Waals surface area contributed by atoms with E-state index in [1.807, 2.05) is 13.1 Å². The van der Waals surface area contributed by atoms with E-state index in [2.05, 4.69) is 21.8 Å². The Morgan fingerprint density at radius 3 is 3.12 bits per heavy atom. The van der Waals surface area contributed by atoms with E-state index in [0.717, 1.165) is 43.3 Å². The van der Waals surface area contributed by atoms with Gasteiger partial charge < -0.3 is 9.64 Å². The Morgan fingerprint density at radius 1 is 1.59 bits per heavy atom. The summed E-state index contributed by atoms with van der Waals surface area (Å²) in [6.07, 6.45) is 3.07. The first-order chi connectivity index (χ1) is 8.20. The molecule has 2 rings (SSSR count). The molecule has 4 nitrogen and oxygen atoms in total. The van der Waals surface area contributed by atoms with Crippen LogP contribution in [-0.4, -0.2) is 35.8 Å². The van der Waals surface area contributed by atoms with Gasteiger partial charge in [-0.1, -0.05) is 0 Å². The summed E-state index contributed by atoms with van der Waals surface area (Å²) in [4.78, 5) is 11.1. The number of rotatable bonds is 2. The van der Waals surface area contributed by atoms with Gasteiger partial charge in [0.2, 0.25) is 5.95 Å². The number of anilines is 1. The number of aromatic nitrogens is 2. The molecule has 1 fully saturated rings. The third-order valence-corrected chi connectivity index (χ3v) is 3.24. The van der Waals surface area contributed by atoms with Crippen LogP contribution >= 0.6 is 11.6 Å². The van der Waals surface area contributed by atoms with Crippen molar-refractivity contribution in [1.29, 1.82) is 0 Å². The van der Waals surface area contributed by atoms with Gasteiger partial charge in [0.15, 0.2) is 0 Å². The number of hydrogen-bond donors (Lipinski definition) is 0. The zero-order valence-corrected chi connectivity index (χ0v) is 11.1. The summed E-state index contributed by atoms with van der Waals surface area (Å²) in [5.74, 6) is 1.25. The maximum atomic E-state index is 5.81. The molecule has 0 spiro atoms. The standard InChI is InChI=1S/C12H18ClN3O/c1-9-8-16(4-3-5-17-9)12-14-7-11(6-13)10(2)15-12/h7,9H,3-6,8H2,1-2H3. The van der Waals surface area contributed by atoms with Crippen molar-refractivity contribution in [2.24, 2.45) is 0 Å². The maximum absolute atomic E-state index is 5.81. The Bertz CT molecular complexity index is 386. The molecule has 0 amide bonds. The van der Waals surface area contributed by atoms with Gasteiger partial charge in [-0.05, 0) is 20.3 Å². The normalized spacial score (nSPS) is 21.4. The monoisotopic (exact) mass is 255 g/mol. The Labute approximate surface area is 107 Å². The van der Waals surface area contributed by atoms with Crippen molar-refractivity contribution in [1.82, 2.24) is 9.97 Å². The van der Waals surface area contributed by atoms with Crippen molar-refractivity contribution in [3.8, 4) is 0 Å². The van der Waals surface area contributed by atoms with E-state index in [9.17, 15) is 0 Å². The maximum Gasteiger partial charge on any atom is 0.225 e. The highest BCUT2D eigenvalue weighted by atomic mass is 35.5. The molecule has 2 heterocycles. The van der Waals surface area contributed by atoms with E-state index < -0.39 is 0 Å². The zero-order chi connectivity index (χ0) is 12.3. The van der Waals surface area contributed by atoms with Gasteiger partial charge in [0.05, 0.1) is 12.0 Å². The Morgan fingerprint density at radius 2 is 2.41 bits per heavy atom. The molecule has 0 bridgehead atoms. The molecule has 17 heavy (non-hydrogen) atoms. The highest BCUT2D eigenvalue weighted by Gasteiger charge is 2.17. The lowest BCUT2D eigenvalue weighted by Gasteiger charge is -2.22. The molecule has 94 valence electrons. The minimum absolute atomic E-state index is 0.231. The van der Waals surface area contributed by atoms with Crippen molar-refractivity contribution in [3.05, 3.63) is 17.5 Å². The van der Waals surface area contributed by atoms with Crippen molar-refractivity contribution in [2.75, 3.05) is 24.6 Å². The lowest BCUT2D eigenvalue weighted by atomic mass is 10.3. The number of aryl methyl sites for hydroxylation is 1. The van der Waals surface area contributed by atoms with Crippen LogP contribution in [-0.2, 0) is 10.6 Å². The smallest absolute Gasteiger partial charge is 0.225 e. The topological polar surface area (TPSA) is 38.2 Å². The summed E-state index contributed by atoms with van der Waals surface area (Å²) in [5, 5.41) is 0. The molecular weight excluding hydrogens is 238 g/mol. The van der Waals surface area contributed by atoms with Crippen LogP contribution in [0, 0.1) is 6.92 Å². The average molecular weight is 256 g/mol. The zero-order valence-electron chi connectivity index (χ0n) is 10.3. The lowest BCUT2D eigenvalue weighted by molar-refractivity contribution is 0.0820. The van der Waals surface area contributed by atoms with Crippen molar-refractivity contribution >= 4 is 17.5 Å². The highest BCUT2D eigenvalue weighted by molar-refractivity contribution is 6.17. The van der Waals surface area contributed by atoms with Gasteiger partial charge >= 0.3 is 0 Å². The molecule has 0 radical (unpaired) electrons. The second-order valence-electron chi connectivity index (χ2n) is 4.40. The highest BCUT2D eigenvalue weighted by Crippen LogP contribution is 2.15. The molecule has 1 atom stereocenters. The van der Waals surface area contributed by atoms with E-state index in [1.165, 1.54) is 0 Å². The molecule has 0 aliphatic carbocycles. The second-order valence-corrected chi connectivity index (χ2v) is 4.66. The van der Waals surface area contributed by atoms with Gasteiger partial charge in [0.25, 0.3) is 0 Å². The first-order valence-corrected chi connectivity index (χ1v) is 6.49. The van der Waals surface area contributed by atoms with Gasteiger partial charge in [-0.25, -0.2) is 9.97 Å². The molecule has 0 aromatic carbocycles. The van der Waals surface area contributed by atoms with Crippen molar-refractivity contribution in [2.45, 2.75) is 32.3 Å². The molecule has 1 aromatic heterocycles. The van der Waals surface area contributed by atoms with Gasteiger partial charge in [0, 0.05) is 37.2 Å². The van der Waals surface area contributed by atoms with Crippen molar-refractivity contribution < 1.29 is 4.74 Å². The second kappa shape index (κ2) is 5.65. The summed E-state index contributed by atoms with van der Waals surface area (Å²) in [6.45, 7) is 6.67. The first kappa shape index (κ1) is 12.6. The fourth-order valence-electron chi connectivity index (χ4n) is 1.94. The molecular formula is C12H18ClN3O. The molecule has 0 saturated carbocycles. The predicted octanol–water partition coefficient (Wildman–Crippen LogP) is 2.14. The Hall–Kier alpha value is -0.870. The van der Waals surface area contributed by atoms with Crippen LogP contribution in [0.3, 0.4) is 0 Å². The number of hydrogen-bond acceptors (Lipinski definition) is 4. The number of nitrogens with zero attached hydrogens (tertiary/aromatic N) is 3. The fraction of sp³-hybridized carbons (Fsp3) is 0.667. The van der Waals surface area contributed by atoms with E-state index in [-0.39, 0.29) is 6.10 Å². The van der Waals surface area contributed by atoms with Crippen LogP contribution in [0.25, 0.3) is 0 Å². The van der Waals surface area contributed by atoms with E-state index in [0.29, 0.717) is 5.88 Å². The summed E-state index contributed by atoms with van der Waals surface area (Å²) < 4.78 is 5.61. The lowest BCUT2D eigenvalue weighted by Crippen LogP contribution is -2.31. The van der Waals surface area contributed by atoms with Crippen LogP contribution in [0.5, 0.6) is 0 Å². The van der Waals surface area contributed by atoms with Crippen LogP contribution in [0.4, 0.5) is 5.95 Å². The molecule has 1 aliphatic heterocycles. The Kier molecular flexibility index (Phi) is 4.18. The van der Waals surface area contributed by atoms with Crippen LogP contribution in [0.2, 0.25) is 0 Å². The third kappa shape index (κ3) is 3.07. The molecule has 1 saturated heterocycles. The summed E-state index contributed by atoms with van der Waals surface area (Å²) in [5.41, 5.74) is 1.96. The minimum Gasteiger partial charge on any atom is -0.377 e. The van der Waals surface area contributed by atoms with Crippen LogP contribution < -0.4 is 4.90 Å². The fourth-order valence-corrected chi connectivity index (χ4v) is 2.20. The molecule has 1 unspecified atom stereocenters. The number of halogens is 1. The van der Waals surface area contributed by atoms with E-state index in [4.69, 9.17) is 16.3 Å². The number of ether oxygens (including phenoxy) is 1. The van der Waals surface area contributed by atoms with E-state index >= 15 is 0 Å². The Balaban J connectivity index is 2.17. The van der Waals surface area contributed by atoms with Gasteiger partial charge in [-0.3, -0.25) is 0 Å². The molecule has 1 aromatic rings. The first-order valence-electron chi connectivity index (χ1n) is 5.95. The summed E-state index contributed by atoms with van der Waals surface area (Å²) >= 11 is 5.81. The predicted molar refractivity (Wildman–Crippen MR) is 68.6 cm³/mol.